The molecule has 0 fully saturated rings. The van der Waals surface area contributed by atoms with Crippen molar-refractivity contribution in [2.45, 2.75) is 19.6 Å². The van der Waals surface area contributed by atoms with Crippen LogP contribution in [0, 0.1) is 0 Å². The Morgan fingerprint density at radius 3 is 2.61 bits per heavy atom. The summed E-state index contributed by atoms with van der Waals surface area (Å²) in [5, 5.41) is 11.7. The van der Waals surface area contributed by atoms with E-state index in [0.29, 0.717) is 16.8 Å². The molecule has 2 N–H and O–H groups in total. The number of aliphatic hydroxyl groups is 1. The van der Waals surface area contributed by atoms with E-state index in [-0.39, 0.29) is 11.8 Å². The lowest BCUT2D eigenvalue weighted by Crippen LogP contribution is -2.30. The molecule has 1 heterocycles. The molecule has 0 spiro atoms. The number of rotatable bonds is 5. The van der Waals surface area contributed by atoms with Crippen molar-refractivity contribution in [1.82, 2.24) is 4.98 Å². The van der Waals surface area contributed by atoms with Crippen molar-refractivity contribution >= 4 is 29.2 Å². The van der Waals surface area contributed by atoms with Crippen LogP contribution < -0.4 is 5.32 Å². The average Bonchev–Trinajstić information content (AvgIpc) is 2.56. The largest absolute Gasteiger partial charge is 0.449 e. The van der Waals surface area contributed by atoms with Gasteiger partial charge in [-0.15, -0.1) is 0 Å². The van der Waals surface area contributed by atoms with Gasteiger partial charge in [0.05, 0.1) is 17.9 Å². The third-order valence-electron chi connectivity index (χ3n) is 3.04. The van der Waals surface area contributed by atoms with Crippen LogP contribution in [0.3, 0.4) is 0 Å². The van der Waals surface area contributed by atoms with Gasteiger partial charge in [-0.1, -0.05) is 23.7 Å². The standard InChI is InChI=1S/C16H15ClN2O4/c1-10(15(21)19-13-3-2-8-18-14(13)17)23-16(22)12-6-4-11(9-20)5-7-12/h2-8,10,20H,9H2,1H3,(H,19,21)/t10-/m0/s1. The van der Waals surface area contributed by atoms with Gasteiger partial charge in [-0.3, -0.25) is 4.79 Å². The highest BCUT2D eigenvalue weighted by Crippen LogP contribution is 2.18. The number of nitrogens with one attached hydrogen (secondary N) is 1. The van der Waals surface area contributed by atoms with Gasteiger partial charge in [0.1, 0.15) is 0 Å². The molecule has 0 unspecified atom stereocenters. The van der Waals surface area contributed by atoms with Crippen molar-refractivity contribution < 1.29 is 19.4 Å². The van der Waals surface area contributed by atoms with E-state index in [4.69, 9.17) is 21.4 Å². The maximum absolute atomic E-state index is 12.0. The predicted octanol–water partition coefficient (Wildman–Crippen LogP) is 2.41. The van der Waals surface area contributed by atoms with E-state index < -0.39 is 18.0 Å². The molecule has 1 amide bonds. The van der Waals surface area contributed by atoms with Gasteiger partial charge in [-0.25, -0.2) is 9.78 Å². The molecule has 0 radical (unpaired) electrons. The second-order valence-electron chi connectivity index (χ2n) is 4.73. The Balaban J connectivity index is 1.97. The molecule has 23 heavy (non-hydrogen) atoms. The number of esters is 1. The van der Waals surface area contributed by atoms with Crippen LogP contribution >= 0.6 is 11.6 Å². The fourth-order valence-corrected chi connectivity index (χ4v) is 1.91. The van der Waals surface area contributed by atoms with Crippen molar-refractivity contribution in [3.8, 4) is 0 Å². The molecule has 0 saturated heterocycles. The van der Waals surface area contributed by atoms with Crippen molar-refractivity contribution in [3.63, 3.8) is 0 Å². The van der Waals surface area contributed by atoms with Crippen LogP contribution in [0.15, 0.2) is 42.6 Å². The zero-order valence-corrected chi connectivity index (χ0v) is 13.1. The van der Waals surface area contributed by atoms with Gasteiger partial charge in [0.25, 0.3) is 5.91 Å². The number of hydrogen-bond donors (Lipinski definition) is 2. The van der Waals surface area contributed by atoms with Crippen LogP contribution in [0.1, 0.15) is 22.8 Å². The second kappa shape index (κ2) is 7.71. The van der Waals surface area contributed by atoms with Crippen molar-refractivity contribution in [1.29, 1.82) is 0 Å². The SMILES string of the molecule is C[C@H](OC(=O)c1ccc(CO)cc1)C(=O)Nc1cccnc1Cl. The number of anilines is 1. The monoisotopic (exact) mass is 334 g/mol. The molecular weight excluding hydrogens is 320 g/mol. The number of benzene rings is 1. The highest BCUT2D eigenvalue weighted by Gasteiger charge is 2.19. The Kier molecular flexibility index (Phi) is 5.67. The van der Waals surface area contributed by atoms with E-state index in [1.807, 2.05) is 0 Å². The number of aromatic nitrogens is 1. The normalized spacial score (nSPS) is 11.6. The molecule has 6 nitrogen and oxygen atoms in total. The summed E-state index contributed by atoms with van der Waals surface area (Å²) in [6, 6.07) is 9.48. The van der Waals surface area contributed by atoms with Gasteiger partial charge >= 0.3 is 5.97 Å². The number of carbonyl (C=O) groups excluding carboxylic acids is 2. The maximum Gasteiger partial charge on any atom is 0.338 e. The number of halogens is 1. The minimum atomic E-state index is -1.00. The molecule has 1 atom stereocenters. The first kappa shape index (κ1) is 16.9. The molecule has 0 bridgehead atoms. The Morgan fingerprint density at radius 2 is 2.00 bits per heavy atom. The zero-order valence-electron chi connectivity index (χ0n) is 12.3. The number of hydrogen-bond acceptors (Lipinski definition) is 5. The fourth-order valence-electron chi connectivity index (χ4n) is 1.74. The predicted molar refractivity (Wildman–Crippen MR) is 85.1 cm³/mol. The molecule has 7 heteroatoms. The van der Waals surface area contributed by atoms with Crippen molar-refractivity contribution in [3.05, 3.63) is 58.9 Å². The molecule has 120 valence electrons. The number of aliphatic hydroxyl groups excluding tert-OH is 1. The number of carbonyl (C=O) groups is 2. The van der Waals surface area contributed by atoms with E-state index in [1.54, 1.807) is 24.3 Å². The number of pyridine rings is 1. The molecule has 1 aromatic carbocycles. The summed E-state index contributed by atoms with van der Waals surface area (Å²) in [5.74, 6) is -1.14. The minimum absolute atomic E-state index is 0.111. The molecule has 0 aliphatic heterocycles. The maximum atomic E-state index is 12.0. The summed E-state index contributed by atoms with van der Waals surface area (Å²) in [7, 11) is 0. The number of ether oxygens (including phenoxy) is 1. The summed E-state index contributed by atoms with van der Waals surface area (Å²) in [5.41, 5.74) is 1.31. The average molecular weight is 335 g/mol. The quantitative estimate of drug-likeness (QED) is 0.647. The second-order valence-corrected chi connectivity index (χ2v) is 5.09. The molecule has 0 aliphatic carbocycles. The third kappa shape index (κ3) is 4.51. The summed E-state index contributed by atoms with van der Waals surface area (Å²) in [6.07, 6.45) is 0.494. The lowest BCUT2D eigenvalue weighted by Gasteiger charge is -2.14. The van der Waals surface area contributed by atoms with Crippen LogP contribution in [0.25, 0.3) is 0 Å². The Morgan fingerprint density at radius 1 is 1.30 bits per heavy atom. The Bertz CT molecular complexity index is 703. The van der Waals surface area contributed by atoms with Gasteiger partial charge in [-0.05, 0) is 36.8 Å². The van der Waals surface area contributed by atoms with Crippen LogP contribution in [-0.4, -0.2) is 28.1 Å². The van der Waals surface area contributed by atoms with Gasteiger partial charge < -0.3 is 15.2 Å². The smallest absolute Gasteiger partial charge is 0.338 e. The summed E-state index contributed by atoms with van der Waals surface area (Å²) in [6.45, 7) is 1.35. The van der Waals surface area contributed by atoms with E-state index in [9.17, 15) is 9.59 Å². The van der Waals surface area contributed by atoms with E-state index in [2.05, 4.69) is 10.3 Å². The first-order valence-corrected chi connectivity index (χ1v) is 7.21. The van der Waals surface area contributed by atoms with Crippen LogP contribution in [0.5, 0.6) is 0 Å². The Labute approximate surface area is 138 Å². The lowest BCUT2D eigenvalue weighted by atomic mass is 10.1. The number of nitrogens with zero attached hydrogens (tertiary/aromatic N) is 1. The van der Waals surface area contributed by atoms with E-state index in [1.165, 1.54) is 25.3 Å². The zero-order chi connectivity index (χ0) is 16.8. The van der Waals surface area contributed by atoms with Gasteiger partial charge in [-0.2, -0.15) is 0 Å². The first-order chi connectivity index (χ1) is 11.0. The van der Waals surface area contributed by atoms with Crippen LogP contribution in [0.4, 0.5) is 5.69 Å². The van der Waals surface area contributed by atoms with Crippen LogP contribution in [0.2, 0.25) is 5.15 Å². The fraction of sp³-hybridized carbons (Fsp3) is 0.188. The van der Waals surface area contributed by atoms with E-state index in [0.717, 1.165) is 0 Å². The molecule has 1 aromatic heterocycles. The lowest BCUT2D eigenvalue weighted by molar-refractivity contribution is -0.123. The highest BCUT2D eigenvalue weighted by molar-refractivity contribution is 6.32. The first-order valence-electron chi connectivity index (χ1n) is 6.83. The number of amides is 1. The van der Waals surface area contributed by atoms with E-state index >= 15 is 0 Å². The van der Waals surface area contributed by atoms with Gasteiger partial charge in [0.15, 0.2) is 11.3 Å². The van der Waals surface area contributed by atoms with Crippen LogP contribution in [-0.2, 0) is 16.1 Å². The summed E-state index contributed by atoms with van der Waals surface area (Å²) < 4.78 is 5.11. The molecular formula is C16H15ClN2O4. The van der Waals surface area contributed by atoms with Gasteiger partial charge in [0.2, 0.25) is 0 Å². The molecule has 2 rings (SSSR count). The Hall–Kier alpha value is -2.44. The molecule has 0 saturated carbocycles. The van der Waals surface area contributed by atoms with Crippen molar-refractivity contribution in [2.24, 2.45) is 0 Å². The highest BCUT2D eigenvalue weighted by atomic mass is 35.5. The topological polar surface area (TPSA) is 88.5 Å². The third-order valence-corrected chi connectivity index (χ3v) is 3.34. The minimum Gasteiger partial charge on any atom is -0.449 e. The summed E-state index contributed by atoms with van der Waals surface area (Å²) in [4.78, 5) is 27.8. The molecule has 0 aliphatic rings. The van der Waals surface area contributed by atoms with Gasteiger partial charge in [0, 0.05) is 6.20 Å². The molecule has 2 aromatic rings. The summed E-state index contributed by atoms with van der Waals surface area (Å²) >= 11 is 5.85. The van der Waals surface area contributed by atoms with Crippen molar-refractivity contribution in [2.75, 3.05) is 5.32 Å².